The van der Waals surface area contributed by atoms with Crippen LogP contribution in [0.3, 0.4) is 0 Å². The molecule has 5 heteroatoms. The summed E-state index contributed by atoms with van der Waals surface area (Å²) in [7, 11) is 1.64. The average molecular weight is 393 g/mol. The summed E-state index contributed by atoms with van der Waals surface area (Å²) >= 11 is 1.50. The van der Waals surface area contributed by atoms with Crippen molar-refractivity contribution in [2.45, 2.75) is 39.7 Å². The Bertz CT molecular complexity index is 1130. The highest BCUT2D eigenvalue weighted by Crippen LogP contribution is 2.24. The molecule has 0 bridgehead atoms. The molecule has 28 heavy (non-hydrogen) atoms. The molecule has 0 N–H and O–H groups in total. The highest BCUT2D eigenvalue weighted by molar-refractivity contribution is 7.16. The van der Waals surface area contributed by atoms with Gasteiger partial charge in [-0.3, -0.25) is 4.79 Å². The Labute approximate surface area is 169 Å². The fraction of sp³-hybridized carbons (Fsp3) is 0.304. The summed E-state index contributed by atoms with van der Waals surface area (Å²) in [5.41, 5.74) is 4.18. The first-order valence-electron chi connectivity index (χ1n) is 9.20. The number of terminal acetylenes is 1. The lowest BCUT2D eigenvalue weighted by Crippen LogP contribution is -2.17. The number of ether oxygens (including phenoxy) is 1. The van der Waals surface area contributed by atoms with Crippen molar-refractivity contribution in [3.05, 3.63) is 57.9 Å². The molecule has 0 spiro atoms. The lowest BCUT2D eigenvalue weighted by atomic mass is 10.0. The van der Waals surface area contributed by atoms with E-state index >= 15 is 0 Å². The Balaban J connectivity index is 1.97. The SMILES string of the molecule is C#CCn1c(=NC(=O)Cc2ccc(OC)c(C)c2)sc2cc(C(C)C)ccc21. The standard InChI is InChI=1S/C23H24N2O2S/c1-6-11-25-19-9-8-18(15(2)3)14-21(19)28-23(25)24-22(26)13-17-7-10-20(27-5)16(4)12-17/h1,7-10,12,14-15H,11,13H2,2-5H3. The van der Waals surface area contributed by atoms with Crippen molar-refractivity contribution >= 4 is 27.5 Å². The molecule has 1 amide bonds. The molecule has 0 radical (unpaired) electrons. The second kappa shape index (κ2) is 8.45. The van der Waals surface area contributed by atoms with Gasteiger partial charge in [0, 0.05) is 0 Å². The Hall–Kier alpha value is -2.84. The van der Waals surface area contributed by atoms with Gasteiger partial charge < -0.3 is 9.30 Å². The third-order valence-corrected chi connectivity index (χ3v) is 5.70. The number of thiazole rings is 1. The van der Waals surface area contributed by atoms with E-state index in [2.05, 4.69) is 43.0 Å². The molecule has 0 fully saturated rings. The maximum absolute atomic E-state index is 12.6. The van der Waals surface area contributed by atoms with Gasteiger partial charge in [0.25, 0.3) is 5.91 Å². The van der Waals surface area contributed by atoms with Crippen LogP contribution in [0.1, 0.15) is 36.5 Å². The van der Waals surface area contributed by atoms with Crippen LogP contribution in [0, 0.1) is 19.3 Å². The van der Waals surface area contributed by atoms with Crippen LogP contribution in [-0.2, 0) is 17.8 Å². The van der Waals surface area contributed by atoms with Gasteiger partial charge in [-0.2, -0.15) is 4.99 Å². The van der Waals surface area contributed by atoms with Gasteiger partial charge >= 0.3 is 0 Å². The number of rotatable bonds is 5. The number of hydrogen-bond acceptors (Lipinski definition) is 3. The van der Waals surface area contributed by atoms with E-state index in [1.165, 1.54) is 16.9 Å². The Kier molecular flexibility index (Phi) is 6.01. The second-order valence-electron chi connectivity index (χ2n) is 7.04. The molecule has 0 aliphatic heterocycles. The zero-order chi connectivity index (χ0) is 20.3. The molecule has 1 heterocycles. The third-order valence-electron chi connectivity index (χ3n) is 4.66. The van der Waals surface area contributed by atoms with Gasteiger partial charge in [0.1, 0.15) is 5.75 Å². The van der Waals surface area contributed by atoms with Crippen molar-refractivity contribution in [1.82, 2.24) is 4.57 Å². The van der Waals surface area contributed by atoms with E-state index in [-0.39, 0.29) is 12.3 Å². The lowest BCUT2D eigenvalue weighted by Gasteiger charge is -2.06. The monoisotopic (exact) mass is 392 g/mol. The van der Waals surface area contributed by atoms with Crippen molar-refractivity contribution < 1.29 is 9.53 Å². The molecule has 0 unspecified atom stereocenters. The number of amides is 1. The largest absolute Gasteiger partial charge is 0.496 e. The molecule has 3 rings (SSSR count). The number of hydrogen-bond donors (Lipinski definition) is 0. The zero-order valence-corrected chi connectivity index (χ0v) is 17.5. The molecule has 144 valence electrons. The number of aryl methyl sites for hydroxylation is 1. The highest BCUT2D eigenvalue weighted by Gasteiger charge is 2.10. The van der Waals surface area contributed by atoms with Crippen LogP contribution in [0.4, 0.5) is 0 Å². The van der Waals surface area contributed by atoms with Crippen LogP contribution in [0.25, 0.3) is 10.2 Å². The van der Waals surface area contributed by atoms with Crippen LogP contribution in [-0.4, -0.2) is 17.6 Å². The number of fused-ring (bicyclic) bond motifs is 1. The molecule has 2 aromatic carbocycles. The Morgan fingerprint density at radius 1 is 1.29 bits per heavy atom. The normalized spacial score (nSPS) is 11.8. The first kappa shape index (κ1) is 19.9. The number of carbonyl (C=O) groups excluding carboxylic acids is 1. The molecule has 4 nitrogen and oxygen atoms in total. The number of nitrogens with zero attached hydrogens (tertiary/aromatic N) is 2. The predicted octanol–water partition coefficient (Wildman–Crippen LogP) is 4.45. The topological polar surface area (TPSA) is 43.6 Å². The third kappa shape index (κ3) is 4.18. The van der Waals surface area contributed by atoms with E-state index in [1.807, 2.05) is 29.7 Å². The van der Waals surface area contributed by atoms with E-state index < -0.39 is 0 Å². The summed E-state index contributed by atoms with van der Waals surface area (Å²) < 4.78 is 8.30. The van der Waals surface area contributed by atoms with Crippen LogP contribution >= 0.6 is 11.3 Å². The Morgan fingerprint density at radius 2 is 2.07 bits per heavy atom. The summed E-state index contributed by atoms with van der Waals surface area (Å²) in [6, 6.07) is 12.1. The molecule has 0 aliphatic carbocycles. The minimum Gasteiger partial charge on any atom is -0.496 e. The number of carbonyl (C=O) groups is 1. The zero-order valence-electron chi connectivity index (χ0n) is 16.7. The van der Waals surface area contributed by atoms with E-state index in [4.69, 9.17) is 11.2 Å². The van der Waals surface area contributed by atoms with Gasteiger partial charge in [-0.1, -0.05) is 49.3 Å². The van der Waals surface area contributed by atoms with E-state index in [1.54, 1.807) is 7.11 Å². The van der Waals surface area contributed by atoms with Crippen molar-refractivity contribution in [2.24, 2.45) is 4.99 Å². The quantitative estimate of drug-likeness (QED) is 0.602. The van der Waals surface area contributed by atoms with Crippen LogP contribution in [0.5, 0.6) is 5.75 Å². The molecular weight excluding hydrogens is 368 g/mol. The lowest BCUT2D eigenvalue weighted by molar-refractivity contribution is -0.117. The van der Waals surface area contributed by atoms with Gasteiger partial charge in [0.05, 0.1) is 30.3 Å². The number of aromatic nitrogens is 1. The number of methoxy groups -OCH3 is 1. The summed E-state index contributed by atoms with van der Waals surface area (Å²) in [6.45, 7) is 6.67. The van der Waals surface area contributed by atoms with Crippen LogP contribution in [0.15, 0.2) is 41.4 Å². The molecule has 1 aromatic heterocycles. The van der Waals surface area contributed by atoms with Crippen molar-refractivity contribution in [3.8, 4) is 18.1 Å². The summed E-state index contributed by atoms with van der Waals surface area (Å²) in [5, 5.41) is 0. The van der Waals surface area contributed by atoms with Crippen molar-refractivity contribution in [1.29, 1.82) is 0 Å². The summed E-state index contributed by atoms with van der Waals surface area (Å²) in [6.07, 6.45) is 5.79. The van der Waals surface area contributed by atoms with E-state index in [0.717, 1.165) is 27.1 Å². The number of benzene rings is 2. The van der Waals surface area contributed by atoms with Gasteiger partial charge in [-0.15, -0.1) is 6.42 Å². The van der Waals surface area contributed by atoms with Crippen LogP contribution < -0.4 is 9.54 Å². The van der Waals surface area contributed by atoms with E-state index in [0.29, 0.717) is 17.3 Å². The summed E-state index contributed by atoms with van der Waals surface area (Å²) in [4.78, 5) is 17.6. The fourth-order valence-corrected chi connectivity index (χ4v) is 4.24. The van der Waals surface area contributed by atoms with Gasteiger partial charge in [-0.25, -0.2) is 0 Å². The Morgan fingerprint density at radius 3 is 2.71 bits per heavy atom. The first-order chi connectivity index (χ1) is 13.4. The molecule has 0 saturated heterocycles. The summed E-state index contributed by atoms with van der Waals surface area (Å²) in [5.74, 6) is 3.73. The molecule has 3 aromatic rings. The molecule has 0 atom stereocenters. The highest BCUT2D eigenvalue weighted by atomic mass is 32.1. The smallest absolute Gasteiger partial charge is 0.252 e. The maximum Gasteiger partial charge on any atom is 0.252 e. The average Bonchev–Trinajstić information content (AvgIpc) is 2.98. The van der Waals surface area contributed by atoms with Crippen molar-refractivity contribution in [2.75, 3.05) is 7.11 Å². The minimum atomic E-state index is -0.189. The second-order valence-corrected chi connectivity index (χ2v) is 8.05. The first-order valence-corrected chi connectivity index (χ1v) is 10.0. The maximum atomic E-state index is 12.6. The van der Waals surface area contributed by atoms with Gasteiger partial charge in [0.2, 0.25) is 0 Å². The fourth-order valence-electron chi connectivity index (χ4n) is 3.15. The molecule has 0 aliphatic rings. The van der Waals surface area contributed by atoms with Crippen molar-refractivity contribution in [3.63, 3.8) is 0 Å². The van der Waals surface area contributed by atoms with Gasteiger partial charge in [-0.05, 0) is 47.7 Å². The molecule has 0 saturated carbocycles. The molecular formula is C23H24N2O2S. The van der Waals surface area contributed by atoms with Gasteiger partial charge in [0.15, 0.2) is 4.80 Å². The van der Waals surface area contributed by atoms with Crippen LogP contribution in [0.2, 0.25) is 0 Å². The predicted molar refractivity (Wildman–Crippen MR) is 115 cm³/mol. The van der Waals surface area contributed by atoms with E-state index in [9.17, 15) is 4.79 Å². The minimum absolute atomic E-state index is 0.189.